The van der Waals surface area contributed by atoms with E-state index in [0.717, 1.165) is 12.0 Å². The summed E-state index contributed by atoms with van der Waals surface area (Å²) in [5.41, 5.74) is 6.95. The minimum atomic E-state index is -0.684. The Morgan fingerprint density at radius 2 is 1.88 bits per heavy atom. The summed E-state index contributed by atoms with van der Waals surface area (Å²) in [7, 11) is 0. The van der Waals surface area contributed by atoms with E-state index in [1.807, 2.05) is 44.2 Å². The van der Waals surface area contributed by atoms with E-state index in [4.69, 9.17) is 20.6 Å². The number of carbonyl (C=O) groups excluding carboxylic acids is 2. The molecule has 2 amide bonds. The molecule has 2 aromatic carbocycles. The number of benzene rings is 2. The van der Waals surface area contributed by atoms with Gasteiger partial charge in [-0.3, -0.25) is 10.2 Å². The van der Waals surface area contributed by atoms with Crippen molar-refractivity contribution in [2.45, 2.75) is 39.3 Å². The van der Waals surface area contributed by atoms with Crippen molar-refractivity contribution in [1.29, 1.82) is 5.41 Å². The van der Waals surface area contributed by atoms with E-state index in [0.29, 0.717) is 30.9 Å². The molecule has 172 valence electrons. The summed E-state index contributed by atoms with van der Waals surface area (Å²) in [5, 5.41) is 13.0. The van der Waals surface area contributed by atoms with Gasteiger partial charge >= 0.3 is 6.09 Å². The molecule has 0 saturated heterocycles. The van der Waals surface area contributed by atoms with Gasteiger partial charge in [-0.15, -0.1) is 0 Å². The number of amidine groups is 1. The molecular formula is C24H32N4O4. The van der Waals surface area contributed by atoms with Crippen LogP contribution in [0.15, 0.2) is 54.6 Å². The summed E-state index contributed by atoms with van der Waals surface area (Å²) in [6, 6.07) is 15.7. The zero-order chi connectivity index (χ0) is 23.3. The number of hydrogen-bond donors (Lipinski definition) is 4. The van der Waals surface area contributed by atoms with Crippen molar-refractivity contribution >= 4 is 17.8 Å². The SMILES string of the molecule is CC[C@H](C)[C@H](NC(=O)OCc1ccccc1)C(=O)NCCCOc1cccc(C(=N)N)c1. The van der Waals surface area contributed by atoms with E-state index in [1.165, 1.54) is 0 Å². The second-order valence-electron chi connectivity index (χ2n) is 7.50. The number of carbonyl (C=O) groups is 2. The molecule has 8 nitrogen and oxygen atoms in total. The number of amides is 2. The zero-order valence-corrected chi connectivity index (χ0v) is 18.6. The van der Waals surface area contributed by atoms with Gasteiger partial charge in [-0.25, -0.2) is 4.79 Å². The van der Waals surface area contributed by atoms with Crippen LogP contribution in [0.4, 0.5) is 4.79 Å². The van der Waals surface area contributed by atoms with E-state index < -0.39 is 12.1 Å². The van der Waals surface area contributed by atoms with Crippen LogP contribution < -0.4 is 21.1 Å². The first-order valence-electron chi connectivity index (χ1n) is 10.7. The Balaban J connectivity index is 1.76. The molecule has 0 saturated carbocycles. The third-order valence-corrected chi connectivity index (χ3v) is 5.02. The molecule has 8 heteroatoms. The van der Waals surface area contributed by atoms with E-state index in [9.17, 15) is 9.59 Å². The van der Waals surface area contributed by atoms with Gasteiger partial charge in [0.1, 0.15) is 24.2 Å². The standard InChI is InChI=1S/C24H32N4O4/c1-3-17(2)21(28-24(30)32-16-18-9-5-4-6-10-18)23(29)27-13-8-14-31-20-12-7-11-19(15-20)22(25)26/h4-7,9-12,15,17,21H,3,8,13-14,16H2,1-2H3,(H3,25,26)(H,27,29)(H,28,30)/t17-,21-/m0/s1. The number of hydrogen-bond acceptors (Lipinski definition) is 5. The molecular weight excluding hydrogens is 408 g/mol. The highest BCUT2D eigenvalue weighted by Crippen LogP contribution is 2.13. The maximum atomic E-state index is 12.6. The van der Waals surface area contributed by atoms with E-state index in [2.05, 4.69) is 10.6 Å². The van der Waals surface area contributed by atoms with Crippen LogP contribution in [0.1, 0.15) is 37.8 Å². The second kappa shape index (κ2) is 13.0. The number of rotatable bonds is 12. The fourth-order valence-corrected chi connectivity index (χ4v) is 2.93. The average molecular weight is 441 g/mol. The van der Waals surface area contributed by atoms with Gasteiger partial charge in [0.05, 0.1) is 6.61 Å². The number of nitrogens with one attached hydrogen (secondary N) is 3. The fourth-order valence-electron chi connectivity index (χ4n) is 2.93. The van der Waals surface area contributed by atoms with E-state index >= 15 is 0 Å². The van der Waals surface area contributed by atoms with Crippen molar-refractivity contribution in [2.24, 2.45) is 11.7 Å². The highest BCUT2D eigenvalue weighted by Gasteiger charge is 2.26. The molecule has 0 aliphatic carbocycles. The first kappa shape index (κ1) is 24.7. The molecule has 0 aliphatic rings. The average Bonchev–Trinajstić information content (AvgIpc) is 2.81. The van der Waals surface area contributed by atoms with Gasteiger partial charge in [-0.2, -0.15) is 0 Å². The highest BCUT2D eigenvalue weighted by molar-refractivity contribution is 5.95. The minimum Gasteiger partial charge on any atom is -0.494 e. The predicted molar refractivity (Wildman–Crippen MR) is 124 cm³/mol. The summed E-state index contributed by atoms with van der Waals surface area (Å²) in [5.74, 6) is 0.289. The molecule has 0 aromatic heterocycles. The monoisotopic (exact) mass is 440 g/mol. The van der Waals surface area contributed by atoms with Crippen LogP contribution in [0, 0.1) is 11.3 Å². The molecule has 2 atom stereocenters. The normalized spacial score (nSPS) is 12.3. The number of nitrogen functional groups attached to an aromatic ring is 1. The molecule has 2 aromatic rings. The van der Waals surface area contributed by atoms with Crippen molar-refractivity contribution < 1.29 is 19.1 Å². The van der Waals surface area contributed by atoms with Crippen molar-refractivity contribution in [3.8, 4) is 5.75 Å². The predicted octanol–water partition coefficient (Wildman–Crippen LogP) is 3.20. The molecule has 0 bridgehead atoms. The molecule has 0 aliphatic heterocycles. The summed E-state index contributed by atoms with van der Waals surface area (Å²) in [6.07, 6.45) is 0.692. The molecule has 0 spiro atoms. The largest absolute Gasteiger partial charge is 0.494 e. The molecule has 0 unspecified atom stereocenters. The topological polar surface area (TPSA) is 127 Å². The van der Waals surface area contributed by atoms with Crippen LogP contribution in [0.3, 0.4) is 0 Å². The van der Waals surface area contributed by atoms with Gasteiger partial charge in [-0.1, -0.05) is 62.7 Å². The summed E-state index contributed by atoms with van der Waals surface area (Å²) in [4.78, 5) is 24.8. The van der Waals surface area contributed by atoms with E-state index in [1.54, 1.807) is 24.3 Å². The maximum Gasteiger partial charge on any atom is 0.408 e. The highest BCUT2D eigenvalue weighted by atomic mass is 16.5. The number of nitrogens with two attached hydrogens (primary N) is 1. The molecule has 2 rings (SSSR count). The van der Waals surface area contributed by atoms with Gasteiger partial charge in [0, 0.05) is 12.1 Å². The van der Waals surface area contributed by atoms with E-state index in [-0.39, 0.29) is 24.3 Å². The molecule has 0 radical (unpaired) electrons. The van der Waals surface area contributed by atoms with Crippen LogP contribution in [-0.2, 0) is 16.1 Å². The lowest BCUT2D eigenvalue weighted by molar-refractivity contribution is -0.124. The lowest BCUT2D eigenvalue weighted by Gasteiger charge is -2.23. The number of alkyl carbamates (subject to hydrolysis) is 1. The maximum absolute atomic E-state index is 12.6. The molecule has 0 heterocycles. The Morgan fingerprint density at radius 3 is 2.56 bits per heavy atom. The fraction of sp³-hybridized carbons (Fsp3) is 0.375. The van der Waals surface area contributed by atoms with Crippen molar-refractivity contribution in [2.75, 3.05) is 13.2 Å². The van der Waals surface area contributed by atoms with Gasteiger partial charge in [0.2, 0.25) is 5.91 Å². The van der Waals surface area contributed by atoms with Crippen LogP contribution >= 0.6 is 0 Å². The molecule has 5 N–H and O–H groups in total. The lowest BCUT2D eigenvalue weighted by atomic mass is 9.98. The Bertz CT molecular complexity index is 889. The Kier molecular flexibility index (Phi) is 10.0. The Morgan fingerprint density at radius 1 is 1.12 bits per heavy atom. The third kappa shape index (κ3) is 8.29. The summed E-state index contributed by atoms with van der Waals surface area (Å²) >= 11 is 0. The van der Waals surface area contributed by atoms with Crippen LogP contribution in [-0.4, -0.2) is 37.0 Å². The first-order valence-corrected chi connectivity index (χ1v) is 10.7. The summed E-state index contributed by atoms with van der Waals surface area (Å²) < 4.78 is 10.9. The second-order valence-corrected chi connectivity index (χ2v) is 7.50. The van der Waals surface area contributed by atoms with Crippen molar-refractivity contribution in [3.05, 3.63) is 65.7 Å². The smallest absolute Gasteiger partial charge is 0.408 e. The molecule has 0 fully saturated rings. The summed E-state index contributed by atoms with van der Waals surface area (Å²) in [6.45, 7) is 4.81. The zero-order valence-electron chi connectivity index (χ0n) is 18.6. The van der Waals surface area contributed by atoms with Crippen molar-refractivity contribution in [3.63, 3.8) is 0 Å². The minimum absolute atomic E-state index is 0.0198. The van der Waals surface area contributed by atoms with Gasteiger partial charge in [-0.05, 0) is 30.0 Å². The Labute approximate surface area is 189 Å². The van der Waals surface area contributed by atoms with Crippen LogP contribution in [0.25, 0.3) is 0 Å². The number of ether oxygens (including phenoxy) is 2. The third-order valence-electron chi connectivity index (χ3n) is 5.02. The Hall–Kier alpha value is -3.55. The van der Waals surface area contributed by atoms with Gasteiger partial charge in [0.15, 0.2) is 0 Å². The van der Waals surface area contributed by atoms with Crippen molar-refractivity contribution in [1.82, 2.24) is 10.6 Å². The quantitative estimate of drug-likeness (QED) is 0.229. The lowest BCUT2D eigenvalue weighted by Crippen LogP contribution is -2.50. The van der Waals surface area contributed by atoms with Crippen LogP contribution in [0.2, 0.25) is 0 Å². The molecule has 32 heavy (non-hydrogen) atoms. The van der Waals surface area contributed by atoms with Gasteiger partial charge in [0.25, 0.3) is 0 Å². The van der Waals surface area contributed by atoms with Crippen LogP contribution in [0.5, 0.6) is 5.75 Å². The van der Waals surface area contributed by atoms with Gasteiger partial charge < -0.3 is 25.8 Å². The first-order chi connectivity index (χ1) is 15.4.